The van der Waals surface area contributed by atoms with Crippen molar-refractivity contribution in [3.8, 4) is 0 Å². The first-order valence-electron chi connectivity index (χ1n) is 11.0. The van der Waals surface area contributed by atoms with Crippen LogP contribution in [0.4, 0.5) is 4.79 Å². The molecule has 2 heterocycles. The molecular formula is C23H37N3O2. The van der Waals surface area contributed by atoms with Crippen LogP contribution in [0.1, 0.15) is 65.7 Å². The number of rotatable bonds is 7. The van der Waals surface area contributed by atoms with Gasteiger partial charge >= 0.3 is 6.03 Å². The Labute approximate surface area is 170 Å². The predicted octanol–water partition coefficient (Wildman–Crippen LogP) is 4.02. The smallest absolute Gasteiger partial charge is 0.322 e. The van der Waals surface area contributed by atoms with E-state index in [0.29, 0.717) is 11.8 Å². The van der Waals surface area contributed by atoms with Gasteiger partial charge < -0.3 is 5.32 Å². The second-order valence-electron chi connectivity index (χ2n) is 9.54. The third-order valence-electron chi connectivity index (χ3n) is 7.00. The first kappa shape index (κ1) is 21.1. The van der Waals surface area contributed by atoms with Gasteiger partial charge in [-0.15, -0.1) is 0 Å². The van der Waals surface area contributed by atoms with Gasteiger partial charge in [-0.05, 0) is 82.7 Å². The van der Waals surface area contributed by atoms with Crippen molar-refractivity contribution in [1.82, 2.24) is 15.5 Å². The van der Waals surface area contributed by atoms with Gasteiger partial charge in [-0.1, -0.05) is 37.6 Å². The summed E-state index contributed by atoms with van der Waals surface area (Å²) in [6.07, 6.45) is 9.57. The molecule has 2 N–H and O–H groups in total. The maximum atomic E-state index is 12.7. The van der Waals surface area contributed by atoms with E-state index in [2.05, 4.69) is 49.0 Å². The molecule has 1 aliphatic carbocycles. The normalized spacial score (nSPS) is 29.6. The topological polar surface area (TPSA) is 61.4 Å². The maximum absolute atomic E-state index is 12.7. The number of amides is 3. The fourth-order valence-corrected chi connectivity index (χ4v) is 5.04. The third kappa shape index (κ3) is 4.68. The van der Waals surface area contributed by atoms with Gasteiger partial charge in [0.05, 0.1) is 0 Å². The van der Waals surface area contributed by atoms with Crippen molar-refractivity contribution in [2.75, 3.05) is 19.6 Å². The maximum Gasteiger partial charge on any atom is 0.322 e. The zero-order valence-electron chi connectivity index (χ0n) is 17.9. The van der Waals surface area contributed by atoms with Gasteiger partial charge in [-0.2, -0.15) is 0 Å². The van der Waals surface area contributed by atoms with Crippen LogP contribution in [0.15, 0.2) is 23.8 Å². The highest BCUT2D eigenvalue weighted by molar-refractivity contribution is 6.07. The highest BCUT2D eigenvalue weighted by Crippen LogP contribution is 2.36. The summed E-state index contributed by atoms with van der Waals surface area (Å²) in [5.41, 5.74) is 2.16. The molecule has 0 aromatic rings. The first-order chi connectivity index (χ1) is 13.3. The lowest BCUT2D eigenvalue weighted by atomic mass is 9.74. The van der Waals surface area contributed by atoms with E-state index in [1.54, 1.807) is 5.57 Å². The summed E-state index contributed by atoms with van der Waals surface area (Å²) in [6, 6.07) is -0.324. The Balaban J connectivity index is 1.57. The molecule has 28 heavy (non-hydrogen) atoms. The number of allylic oxidation sites excluding steroid dienone is 2. The standard InChI is InChI=1S/C23H37N3O2/c1-16(2)9-12-23(21(27)24-22(28)25-23)20-10-13-26(14-11-20)15-18-5-7-19(8-6-18)17(3)4/h5,16,19-20H,3,6-15H2,1-2,4H3,(H2,24,25,27,28)/t19-,23?/m1/s1. The van der Waals surface area contributed by atoms with E-state index in [9.17, 15) is 9.59 Å². The lowest BCUT2D eigenvalue weighted by Crippen LogP contribution is -2.56. The molecule has 5 heteroatoms. The van der Waals surface area contributed by atoms with E-state index in [-0.39, 0.29) is 17.9 Å². The van der Waals surface area contributed by atoms with E-state index in [4.69, 9.17) is 0 Å². The van der Waals surface area contributed by atoms with Crippen LogP contribution in [0.3, 0.4) is 0 Å². The second kappa shape index (κ2) is 8.81. The SMILES string of the molecule is C=C(C)[C@@H]1CC=C(CN2CCC(C3(CCC(C)C)NC(=O)NC3=O)CC2)CC1. The van der Waals surface area contributed by atoms with Gasteiger partial charge in [0.25, 0.3) is 5.91 Å². The number of hydrogen-bond acceptors (Lipinski definition) is 3. The number of piperidine rings is 1. The average molecular weight is 388 g/mol. The van der Waals surface area contributed by atoms with Crippen LogP contribution in [-0.4, -0.2) is 42.0 Å². The summed E-state index contributed by atoms with van der Waals surface area (Å²) in [4.78, 5) is 27.1. The number of nitrogens with one attached hydrogen (secondary N) is 2. The summed E-state index contributed by atoms with van der Waals surface area (Å²) in [7, 11) is 0. The highest BCUT2D eigenvalue weighted by Gasteiger charge is 2.51. The van der Waals surface area contributed by atoms with Gasteiger partial charge in [0, 0.05) is 6.54 Å². The Morgan fingerprint density at radius 3 is 2.50 bits per heavy atom. The van der Waals surface area contributed by atoms with Crippen LogP contribution in [0.25, 0.3) is 0 Å². The van der Waals surface area contributed by atoms with E-state index < -0.39 is 5.54 Å². The average Bonchev–Trinajstić information content (AvgIpc) is 2.95. The highest BCUT2D eigenvalue weighted by atomic mass is 16.2. The summed E-state index contributed by atoms with van der Waals surface area (Å²) >= 11 is 0. The molecule has 3 rings (SSSR count). The quantitative estimate of drug-likeness (QED) is 0.512. The molecule has 0 radical (unpaired) electrons. The zero-order chi connectivity index (χ0) is 20.3. The number of hydrogen-bond donors (Lipinski definition) is 2. The Morgan fingerprint density at radius 2 is 2.00 bits per heavy atom. The van der Waals surface area contributed by atoms with Crippen LogP contribution >= 0.6 is 0 Å². The Kier molecular flexibility index (Phi) is 6.64. The molecule has 2 fully saturated rings. The van der Waals surface area contributed by atoms with Crippen LogP contribution < -0.4 is 10.6 Å². The molecular weight excluding hydrogens is 350 g/mol. The molecule has 156 valence electrons. The predicted molar refractivity (Wildman–Crippen MR) is 113 cm³/mol. The number of carbonyl (C=O) groups is 2. The minimum Gasteiger partial charge on any atom is -0.323 e. The van der Waals surface area contributed by atoms with Gasteiger partial charge in [-0.3, -0.25) is 15.0 Å². The van der Waals surface area contributed by atoms with Gasteiger partial charge in [0.15, 0.2) is 0 Å². The van der Waals surface area contributed by atoms with E-state index in [1.165, 1.54) is 18.4 Å². The second-order valence-corrected chi connectivity index (χ2v) is 9.54. The number of nitrogens with zero attached hydrogens (tertiary/aromatic N) is 1. The first-order valence-corrected chi connectivity index (χ1v) is 11.0. The van der Waals surface area contributed by atoms with Crippen molar-refractivity contribution < 1.29 is 9.59 Å². The Bertz CT molecular complexity index is 646. The van der Waals surface area contributed by atoms with Crippen LogP contribution in [0, 0.1) is 17.8 Å². The number of imide groups is 1. The van der Waals surface area contributed by atoms with Crippen LogP contribution in [0.5, 0.6) is 0 Å². The fourth-order valence-electron chi connectivity index (χ4n) is 5.04. The molecule has 2 saturated heterocycles. The van der Waals surface area contributed by atoms with Crippen molar-refractivity contribution in [2.24, 2.45) is 17.8 Å². The van der Waals surface area contributed by atoms with Crippen LogP contribution in [-0.2, 0) is 4.79 Å². The molecule has 0 spiro atoms. The molecule has 3 amide bonds. The van der Waals surface area contributed by atoms with Crippen molar-refractivity contribution >= 4 is 11.9 Å². The van der Waals surface area contributed by atoms with E-state index >= 15 is 0 Å². The van der Waals surface area contributed by atoms with E-state index in [1.807, 2.05) is 0 Å². The van der Waals surface area contributed by atoms with E-state index in [0.717, 1.165) is 51.7 Å². The summed E-state index contributed by atoms with van der Waals surface area (Å²) < 4.78 is 0. The molecule has 2 atom stereocenters. The molecule has 0 saturated carbocycles. The molecule has 1 unspecified atom stereocenters. The van der Waals surface area contributed by atoms with Gasteiger partial charge in [-0.25, -0.2) is 4.79 Å². The summed E-state index contributed by atoms with van der Waals surface area (Å²) in [5, 5.41) is 5.52. The minimum atomic E-state index is -0.702. The van der Waals surface area contributed by atoms with Crippen molar-refractivity contribution in [3.63, 3.8) is 0 Å². The molecule has 3 aliphatic rings. The molecule has 5 nitrogen and oxygen atoms in total. The number of carbonyl (C=O) groups excluding carboxylic acids is 2. The lowest BCUT2D eigenvalue weighted by molar-refractivity contribution is -0.127. The fraction of sp³-hybridized carbons (Fsp3) is 0.739. The summed E-state index contributed by atoms with van der Waals surface area (Å²) in [6.45, 7) is 13.6. The molecule has 2 aliphatic heterocycles. The minimum absolute atomic E-state index is 0.113. The monoisotopic (exact) mass is 387 g/mol. The Morgan fingerprint density at radius 1 is 1.29 bits per heavy atom. The van der Waals surface area contributed by atoms with Crippen molar-refractivity contribution in [3.05, 3.63) is 23.8 Å². The number of urea groups is 1. The largest absolute Gasteiger partial charge is 0.323 e. The van der Waals surface area contributed by atoms with Gasteiger partial charge in [0.1, 0.15) is 5.54 Å². The molecule has 0 bridgehead atoms. The van der Waals surface area contributed by atoms with Crippen LogP contribution in [0.2, 0.25) is 0 Å². The molecule has 0 aromatic heterocycles. The zero-order valence-corrected chi connectivity index (χ0v) is 17.9. The third-order valence-corrected chi connectivity index (χ3v) is 7.00. The summed E-state index contributed by atoms with van der Waals surface area (Å²) in [5.74, 6) is 1.28. The number of likely N-dealkylation sites (tertiary alicyclic amines) is 1. The van der Waals surface area contributed by atoms with Crippen molar-refractivity contribution in [2.45, 2.75) is 71.3 Å². The van der Waals surface area contributed by atoms with Gasteiger partial charge in [0.2, 0.25) is 0 Å². The van der Waals surface area contributed by atoms with Crippen molar-refractivity contribution in [1.29, 1.82) is 0 Å². The molecule has 0 aromatic carbocycles. The Hall–Kier alpha value is -1.62. The lowest BCUT2D eigenvalue weighted by Gasteiger charge is -2.41.